The van der Waals surface area contributed by atoms with Gasteiger partial charge in [-0.2, -0.15) is 0 Å². The number of nitrogens with one attached hydrogen (secondary N) is 1. The number of nitrogens with zero attached hydrogens (tertiary/aromatic N) is 3. The summed E-state index contributed by atoms with van der Waals surface area (Å²) in [5.74, 6) is -1.09. The van der Waals surface area contributed by atoms with E-state index < -0.39 is 5.97 Å². The number of hydrogen-bond acceptors (Lipinski definition) is 4. The molecule has 0 aliphatic carbocycles. The molecule has 18 heavy (non-hydrogen) atoms. The minimum Gasteiger partial charge on any atom is -0.476 e. The van der Waals surface area contributed by atoms with Crippen LogP contribution in [-0.2, 0) is 11.3 Å². The number of hydrogen-bond donors (Lipinski definition) is 2. The summed E-state index contributed by atoms with van der Waals surface area (Å²) in [5, 5.41) is 18.5. The summed E-state index contributed by atoms with van der Waals surface area (Å²) in [6.45, 7) is 2.93. The van der Waals surface area contributed by atoms with Gasteiger partial charge in [0.05, 0.1) is 12.7 Å². The van der Waals surface area contributed by atoms with Crippen LogP contribution in [0.15, 0.2) is 6.20 Å². The fourth-order valence-corrected chi connectivity index (χ4v) is 1.44. The van der Waals surface area contributed by atoms with E-state index in [9.17, 15) is 9.59 Å². The molecular formula is C11H18N4O3. The first-order valence-electron chi connectivity index (χ1n) is 6.03. The monoisotopic (exact) mass is 254 g/mol. The maximum absolute atomic E-state index is 11.4. The van der Waals surface area contributed by atoms with E-state index in [-0.39, 0.29) is 11.6 Å². The second-order valence-electron chi connectivity index (χ2n) is 3.98. The Bertz CT molecular complexity index is 403. The number of rotatable bonds is 8. The van der Waals surface area contributed by atoms with E-state index in [1.807, 2.05) is 0 Å². The molecule has 1 aromatic heterocycles. The van der Waals surface area contributed by atoms with E-state index in [4.69, 9.17) is 5.11 Å². The smallest absolute Gasteiger partial charge is 0.358 e. The molecule has 7 heteroatoms. The molecule has 100 valence electrons. The third-order valence-electron chi connectivity index (χ3n) is 2.43. The zero-order valence-electron chi connectivity index (χ0n) is 10.4. The van der Waals surface area contributed by atoms with Crippen LogP contribution in [0.3, 0.4) is 0 Å². The molecular weight excluding hydrogens is 236 g/mol. The van der Waals surface area contributed by atoms with Gasteiger partial charge in [0.2, 0.25) is 5.91 Å². The lowest BCUT2D eigenvalue weighted by atomic mass is 10.2. The molecule has 0 unspecified atom stereocenters. The Morgan fingerprint density at radius 3 is 2.83 bits per heavy atom. The zero-order chi connectivity index (χ0) is 13.4. The second-order valence-corrected chi connectivity index (χ2v) is 3.98. The van der Waals surface area contributed by atoms with E-state index in [0.29, 0.717) is 19.5 Å². The van der Waals surface area contributed by atoms with Gasteiger partial charge in [-0.1, -0.05) is 25.0 Å². The number of carbonyl (C=O) groups is 2. The van der Waals surface area contributed by atoms with Gasteiger partial charge in [-0.05, 0) is 6.42 Å². The molecule has 0 aliphatic heterocycles. The molecule has 0 spiro atoms. The topological polar surface area (TPSA) is 97.1 Å². The first kappa shape index (κ1) is 14.1. The van der Waals surface area contributed by atoms with Gasteiger partial charge in [0.15, 0.2) is 5.69 Å². The minimum absolute atomic E-state index is 0.0158. The van der Waals surface area contributed by atoms with Crippen LogP contribution in [0, 0.1) is 0 Å². The summed E-state index contributed by atoms with van der Waals surface area (Å²) in [5.41, 5.74) is -0.0933. The molecule has 7 nitrogen and oxygen atoms in total. The zero-order valence-corrected chi connectivity index (χ0v) is 10.4. The molecule has 1 rings (SSSR count). The molecule has 0 saturated carbocycles. The summed E-state index contributed by atoms with van der Waals surface area (Å²) >= 11 is 0. The van der Waals surface area contributed by atoms with E-state index in [1.165, 1.54) is 10.9 Å². The van der Waals surface area contributed by atoms with Gasteiger partial charge in [-0.25, -0.2) is 9.48 Å². The number of carboxylic acids is 1. The Labute approximate surface area is 105 Å². The van der Waals surface area contributed by atoms with Gasteiger partial charge in [0.1, 0.15) is 0 Å². The predicted octanol–water partition coefficient (Wildman–Crippen LogP) is 0.673. The maximum Gasteiger partial charge on any atom is 0.358 e. The lowest BCUT2D eigenvalue weighted by Crippen LogP contribution is -2.27. The third-order valence-corrected chi connectivity index (χ3v) is 2.43. The highest BCUT2D eigenvalue weighted by Gasteiger charge is 2.07. The highest BCUT2D eigenvalue weighted by atomic mass is 16.4. The third kappa shape index (κ3) is 4.94. The average molecular weight is 254 g/mol. The standard InChI is InChI=1S/C11H18N4O3/c1-2-3-4-5-10(16)12-6-7-15-8-9(11(17)18)13-14-15/h8H,2-7H2,1H3,(H,12,16)(H,17,18). The van der Waals surface area contributed by atoms with Gasteiger partial charge in [-0.15, -0.1) is 5.10 Å². The number of aromatic nitrogens is 3. The van der Waals surface area contributed by atoms with Crippen LogP contribution in [0.2, 0.25) is 0 Å². The van der Waals surface area contributed by atoms with Crippen molar-refractivity contribution in [1.29, 1.82) is 0 Å². The van der Waals surface area contributed by atoms with Crippen molar-refractivity contribution in [2.45, 2.75) is 39.2 Å². The highest BCUT2D eigenvalue weighted by Crippen LogP contribution is 1.98. The summed E-state index contributed by atoms with van der Waals surface area (Å²) in [6.07, 6.45) is 4.91. The summed E-state index contributed by atoms with van der Waals surface area (Å²) in [6, 6.07) is 0. The van der Waals surface area contributed by atoms with Crippen molar-refractivity contribution in [2.75, 3.05) is 6.54 Å². The molecule has 1 heterocycles. The molecule has 0 radical (unpaired) electrons. The SMILES string of the molecule is CCCCCC(=O)NCCn1cc(C(=O)O)nn1. The average Bonchev–Trinajstić information content (AvgIpc) is 2.78. The van der Waals surface area contributed by atoms with Gasteiger partial charge in [0, 0.05) is 13.0 Å². The Balaban J connectivity index is 2.20. The van der Waals surface area contributed by atoms with Gasteiger partial charge in [0.25, 0.3) is 0 Å². The van der Waals surface area contributed by atoms with E-state index >= 15 is 0 Å². The maximum atomic E-state index is 11.4. The molecule has 1 aromatic rings. The molecule has 0 fully saturated rings. The number of carbonyl (C=O) groups excluding carboxylic acids is 1. The largest absolute Gasteiger partial charge is 0.476 e. The number of aromatic carboxylic acids is 1. The molecule has 0 aliphatic rings. The summed E-state index contributed by atoms with van der Waals surface area (Å²) in [7, 11) is 0. The lowest BCUT2D eigenvalue weighted by molar-refractivity contribution is -0.121. The molecule has 2 N–H and O–H groups in total. The van der Waals surface area contributed by atoms with E-state index in [1.54, 1.807) is 0 Å². The quantitative estimate of drug-likeness (QED) is 0.665. The number of unbranched alkanes of at least 4 members (excludes halogenated alkanes) is 2. The summed E-state index contributed by atoms with van der Waals surface area (Å²) in [4.78, 5) is 21.9. The molecule has 0 saturated heterocycles. The van der Waals surface area contributed by atoms with Crippen molar-refractivity contribution >= 4 is 11.9 Å². The van der Waals surface area contributed by atoms with Crippen LogP contribution in [0.1, 0.15) is 43.1 Å². The summed E-state index contributed by atoms with van der Waals surface area (Å²) < 4.78 is 1.40. The van der Waals surface area contributed by atoms with Crippen molar-refractivity contribution in [3.8, 4) is 0 Å². The molecule has 1 amide bonds. The second kappa shape index (κ2) is 7.41. The number of amides is 1. The lowest BCUT2D eigenvalue weighted by Gasteiger charge is -2.04. The number of carboxylic acid groups (broad SMARTS) is 1. The van der Waals surface area contributed by atoms with E-state index in [0.717, 1.165) is 19.3 Å². The van der Waals surface area contributed by atoms with Crippen molar-refractivity contribution in [1.82, 2.24) is 20.3 Å². The predicted molar refractivity (Wildman–Crippen MR) is 64.1 cm³/mol. The fourth-order valence-electron chi connectivity index (χ4n) is 1.44. The normalized spacial score (nSPS) is 10.3. The van der Waals surface area contributed by atoms with Crippen LogP contribution in [0.4, 0.5) is 0 Å². The van der Waals surface area contributed by atoms with Crippen LogP contribution in [0.25, 0.3) is 0 Å². The van der Waals surface area contributed by atoms with Crippen molar-refractivity contribution < 1.29 is 14.7 Å². The van der Waals surface area contributed by atoms with Crippen molar-refractivity contribution in [3.63, 3.8) is 0 Å². The Morgan fingerprint density at radius 1 is 1.44 bits per heavy atom. The van der Waals surface area contributed by atoms with Crippen LogP contribution >= 0.6 is 0 Å². The first-order chi connectivity index (χ1) is 8.63. The minimum atomic E-state index is -1.11. The fraction of sp³-hybridized carbons (Fsp3) is 0.636. The first-order valence-corrected chi connectivity index (χ1v) is 6.03. The van der Waals surface area contributed by atoms with E-state index in [2.05, 4.69) is 22.6 Å². The molecule has 0 aromatic carbocycles. The Kier molecular flexibility index (Phi) is 5.83. The van der Waals surface area contributed by atoms with Crippen molar-refractivity contribution in [2.24, 2.45) is 0 Å². The molecule has 0 atom stereocenters. The van der Waals surface area contributed by atoms with Crippen LogP contribution in [0.5, 0.6) is 0 Å². The highest BCUT2D eigenvalue weighted by molar-refractivity contribution is 5.84. The van der Waals surface area contributed by atoms with Gasteiger partial charge < -0.3 is 10.4 Å². The van der Waals surface area contributed by atoms with Gasteiger partial charge in [-0.3, -0.25) is 4.79 Å². The van der Waals surface area contributed by atoms with Crippen molar-refractivity contribution in [3.05, 3.63) is 11.9 Å². The Morgan fingerprint density at radius 2 is 2.22 bits per heavy atom. The molecule has 0 bridgehead atoms. The Hall–Kier alpha value is -1.92. The van der Waals surface area contributed by atoms with Crippen LogP contribution in [-0.4, -0.2) is 38.5 Å². The van der Waals surface area contributed by atoms with Gasteiger partial charge >= 0.3 is 5.97 Å². The van der Waals surface area contributed by atoms with Crippen LogP contribution < -0.4 is 5.32 Å².